The third-order valence-corrected chi connectivity index (χ3v) is 7.38. The highest BCUT2D eigenvalue weighted by Crippen LogP contribution is 2.27. The number of rotatable bonds is 7. The summed E-state index contributed by atoms with van der Waals surface area (Å²) in [5.41, 5.74) is 1.18. The number of hydrogen-bond acceptors (Lipinski definition) is 5. The van der Waals surface area contributed by atoms with Crippen molar-refractivity contribution in [1.82, 2.24) is 19.1 Å². The monoisotopic (exact) mass is 426 g/mol. The third-order valence-electron chi connectivity index (χ3n) is 5.52. The molecule has 1 unspecified atom stereocenters. The number of piperidine rings is 1. The fraction of sp³-hybridized carbons (Fsp3) is 0.364. The zero-order valence-electron chi connectivity index (χ0n) is 17.0. The molecule has 158 valence electrons. The van der Waals surface area contributed by atoms with Crippen LogP contribution in [0.25, 0.3) is 0 Å². The molecule has 0 aliphatic carbocycles. The lowest BCUT2D eigenvalue weighted by atomic mass is 9.96. The molecule has 1 aliphatic rings. The summed E-state index contributed by atoms with van der Waals surface area (Å²) in [7, 11) is -2.02. The summed E-state index contributed by atoms with van der Waals surface area (Å²) in [6, 6.07) is 16.8. The quantitative estimate of drug-likeness (QED) is 0.580. The van der Waals surface area contributed by atoms with E-state index in [1.165, 1.54) is 12.7 Å². The molecule has 0 radical (unpaired) electrons. The predicted octanol–water partition coefficient (Wildman–Crippen LogP) is 2.98. The average Bonchev–Trinajstić information content (AvgIpc) is 3.21. The molecular formula is C22H26N4O3S. The smallest absolute Gasteiger partial charge is 0.243 e. The van der Waals surface area contributed by atoms with Gasteiger partial charge in [-0.2, -0.15) is 4.31 Å². The van der Waals surface area contributed by atoms with Crippen LogP contribution in [0.2, 0.25) is 0 Å². The number of hydrogen-bond donors (Lipinski definition) is 0. The lowest BCUT2D eigenvalue weighted by molar-refractivity contribution is 0.261. The van der Waals surface area contributed by atoms with Gasteiger partial charge in [-0.3, -0.25) is 0 Å². The molecule has 8 heteroatoms. The largest absolute Gasteiger partial charge is 0.497 e. The van der Waals surface area contributed by atoms with E-state index in [4.69, 9.17) is 4.74 Å². The van der Waals surface area contributed by atoms with Crippen LogP contribution >= 0.6 is 0 Å². The molecule has 0 amide bonds. The normalized spacial score (nSPS) is 17.7. The molecular weight excluding hydrogens is 400 g/mol. The molecule has 4 rings (SSSR count). The maximum absolute atomic E-state index is 13.1. The van der Waals surface area contributed by atoms with Gasteiger partial charge in [-0.25, -0.2) is 8.42 Å². The van der Waals surface area contributed by atoms with Crippen molar-refractivity contribution in [3.05, 3.63) is 72.3 Å². The Labute approximate surface area is 177 Å². The van der Waals surface area contributed by atoms with Gasteiger partial charge in [0.1, 0.15) is 17.9 Å². The van der Waals surface area contributed by atoms with E-state index < -0.39 is 10.0 Å². The van der Waals surface area contributed by atoms with Gasteiger partial charge < -0.3 is 9.30 Å². The van der Waals surface area contributed by atoms with Crippen LogP contribution in [-0.4, -0.2) is 47.7 Å². The third kappa shape index (κ3) is 4.55. The molecule has 0 bridgehead atoms. The highest BCUT2D eigenvalue weighted by Gasteiger charge is 2.31. The summed E-state index contributed by atoms with van der Waals surface area (Å²) in [6.45, 7) is 1.73. The minimum absolute atomic E-state index is 0.206. The molecule has 7 nitrogen and oxygen atoms in total. The van der Waals surface area contributed by atoms with Gasteiger partial charge in [-0.05, 0) is 36.5 Å². The van der Waals surface area contributed by atoms with Crippen molar-refractivity contribution in [2.45, 2.75) is 30.7 Å². The lowest BCUT2D eigenvalue weighted by Crippen LogP contribution is -2.40. The zero-order chi connectivity index (χ0) is 21.0. The van der Waals surface area contributed by atoms with Gasteiger partial charge in [0.05, 0.1) is 18.6 Å². The Hall–Kier alpha value is -2.71. The Morgan fingerprint density at radius 1 is 1.13 bits per heavy atom. The number of methoxy groups -OCH3 is 1. The fourth-order valence-corrected chi connectivity index (χ4v) is 5.52. The molecule has 0 N–H and O–H groups in total. The summed E-state index contributed by atoms with van der Waals surface area (Å²) < 4.78 is 35.1. The van der Waals surface area contributed by atoms with Crippen LogP contribution in [0, 0.1) is 5.92 Å². The Morgan fingerprint density at radius 3 is 2.77 bits per heavy atom. The van der Waals surface area contributed by atoms with E-state index in [1.54, 1.807) is 34.9 Å². The molecule has 1 aliphatic heterocycles. The van der Waals surface area contributed by atoms with Gasteiger partial charge in [-0.1, -0.05) is 36.4 Å². The number of nitrogens with zero attached hydrogens (tertiary/aromatic N) is 4. The van der Waals surface area contributed by atoms with Crippen LogP contribution in [0.4, 0.5) is 0 Å². The van der Waals surface area contributed by atoms with Gasteiger partial charge in [-0.15, -0.1) is 10.2 Å². The van der Waals surface area contributed by atoms with Crippen molar-refractivity contribution >= 4 is 10.0 Å². The summed E-state index contributed by atoms with van der Waals surface area (Å²) in [5, 5.41) is 8.39. The molecule has 1 saturated heterocycles. The summed E-state index contributed by atoms with van der Waals surface area (Å²) >= 11 is 0. The van der Waals surface area contributed by atoms with Gasteiger partial charge >= 0.3 is 0 Å². The summed E-state index contributed by atoms with van der Waals surface area (Å²) in [5.74, 6) is 1.64. The SMILES string of the molecule is COc1cccc(S(=O)(=O)N2CCCC(Cc3nncn3Cc3ccccc3)C2)c1. The first-order chi connectivity index (χ1) is 14.6. The van der Waals surface area contributed by atoms with Crippen LogP contribution in [0.5, 0.6) is 5.75 Å². The fourth-order valence-electron chi connectivity index (χ4n) is 3.93. The molecule has 0 spiro atoms. The number of benzene rings is 2. The van der Waals surface area contributed by atoms with Crippen LogP contribution < -0.4 is 4.74 Å². The van der Waals surface area contributed by atoms with E-state index >= 15 is 0 Å². The van der Waals surface area contributed by atoms with Gasteiger partial charge in [0, 0.05) is 25.6 Å². The molecule has 0 saturated carbocycles. The molecule has 3 aromatic rings. The van der Waals surface area contributed by atoms with E-state index in [-0.39, 0.29) is 10.8 Å². The van der Waals surface area contributed by atoms with Gasteiger partial charge in [0.25, 0.3) is 0 Å². The Kier molecular flexibility index (Phi) is 6.15. The maximum atomic E-state index is 13.1. The highest BCUT2D eigenvalue weighted by atomic mass is 32.2. The van der Waals surface area contributed by atoms with Crippen LogP contribution in [-0.2, 0) is 23.0 Å². The van der Waals surface area contributed by atoms with Crippen molar-refractivity contribution in [3.63, 3.8) is 0 Å². The Balaban J connectivity index is 1.47. The molecule has 1 fully saturated rings. The molecule has 2 aromatic carbocycles. The topological polar surface area (TPSA) is 77.3 Å². The van der Waals surface area contributed by atoms with Gasteiger partial charge in [0.15, 0.2) is 0 Å². The van der Waals surface area contributed by atoms with E-state index in [0.29, 0.717) is 31.8 Å². The standard InChI is InChI=1S/C22H26N4O3S/c1-29-20-10-5-11-21(14-20)30(27,28)26-12-6-9-19(16-26)13-22-24-23-17-25(22)15-18-7-3-2-4-8-18/h2-5,7-8,10-11,14,17,19H,6,9,12-13,15-16H2,1H3. The van der Waals surface area contributed by atoms with Crippen LogP contribution in [0.1, 0.15) is 24.2 Å². The number of ether oxygens (including phenoxy) is 1. The second-order valence-electron chi connectivity index (χ2n) is 7.62. The van der Waals surface area contributed by atoms with Crippen LogP contribution in [0.3, 0.4) is 0 Å². The van der Waals surface area contributed by atoms with E-state index in [2.05, 4.69) is 22.3 Å². The van der Waals surface area contributed by atoms with Crippen molar-refractivity contribution in [3.8, 4) is 5.75 Å². The van der Waals surface area contributed by atoms with Crippen LogP contribution in [0.15, 0.2) is 65.8 Å². The molecule has 30 heavy (non-hydrogen) atoms. The predicted molar refractivity (Wildman–Crippen MR) is 114 cm³/mol. The van der Waals surface area contributed by atoms with Crippen molar-refractivity contribution in [1.29, 1.82) is 0 Å². The van der Waals surface area contributed by atoms with Crippen molar-refractivity contribution < 1.29 is 13.2 Å². The lowest BCUT2D eigenvalue weighted by Gasteiger charge is -2.31. The van der Waals surface area contributed by atoms with Gasteiger partial charge in [0.2, 0.25) is 10.0 Å². The molecule has 1 atom stereocenters. The maximum Gasteiger partial charge on any atom is 0.243 e. The molecule has 1 aromatic heterocycles. The number of aromatic nitrogens is 3. The first-order valence-corrected chi connectivity index (χ1v) is 11.5. The number of sulfonamides is 1. The second-order valence-corrected chi connectivity index (χ2v) is 9.55. The first-order valence-electron chi connectivity index (χ1n) is 10.1. The Morgan fingerprint density at radius 2 is 1.97 bits per heavy atom. The molecule has 2 heterocycles. The Bertz CT molecular complexity index is 1080. The summed E-state index contributed by atoms with van der Waals surface area (Å²) in [6.07, 6.45) is 4.26. The van der Waals surface area contributed by atoms with Crippen molar-refractivity contribution in [2.75, 3.05) is 20.2 Å². The second kappa shape index (κ2) is 8.97. The van der Waals surface area contributed by atoms with Crippen molar-refractivity contribution in [2.24, 2.45) is 5.92 Å². The first kappa shape index (κ1) is 20.6. The minimum Gasteiger partial charge on any atom is -0.497 e. The zero-order valence-corrected chi connectivity index (χ0v) is 17.8. The summed E-state index contributed by atoms with van der Waals surface area (Å²) in [4.78, 5) is 0.273. The average molecular weight is 427 g/mol. The van der Waals surface area contributed by atoms with E-state index in [0.717, 1.165) is 18.7 Å². The van der Waals surface area contributed by atoms with E-state index in [9.17, 15) is 8.42 Å². The highest BCUT2D eigenvalue weighted by molar-refractivity contribution is 7.89. The van der Waals surface area contributed by atoms with E-state index in [1.807, 2.05) is 22.8 Å². The minimum atomic E-state index is -3.55.